The zero-order valence-corrected chi connectivity index (χ0v) is 7.19. The van der Waals surface area contributed by atoms with Gasteiger partial charge in [-0.15, -0.1) is 23.7 Å². The molecule has 0 amide bonds. The summed E-state index contributed by atoms with van der Waals surface area (Å²) in [6.07, 6.45) is 7.66. The largest absolute Gasteiger partial charge is 0.358 e. The molecule has 0 spiro atoms. The Hall–Kier alpha value is -1.01. The van der Waals surface area contributed by atoms with Crippen molar-refractivity contribution < 1.29 is 0 Å². The average Bonchev–Trinajstić information content (AvgIpc) is 2.40. The number of aromatic nitrogens is 1. The van der Waals surface area contributed by atoms with E-state index >= 15 is 0 Å². The molecule has 1 rings (SSSR count). The topological polar surface area (TPSA) is 24.9 Å². The third kappa shape index (κ3) is 2.60. The van der Waals surface area contributed by atoms with E-state index in [2.05, 4.69) is 16.2 Å². The van der Waals surface area contributed by atoms with Crippen LogP contribution in [0.2, 0.25) is 0 Å². The molecule has 1 aromatic heterocycles. The molecule has 0 saturated carbocycles. The van der Waals surface area contributed by atoms with E-state index in [1.54, 1.807) is 17.5 Å². The molecular formula is C8H10N2S. The smallest absolute Gasteiger partial charge is 0.182 e. The van der Waals surface area contributed by atoms with Crippen molar-refractivity contribution in [3.05, 3.63) is 11.6 Å². The summed E-state index contributed by atoms with van der Waals surface area (Å²) in [5.74, 6) is 2.59. The van der Waals surface area contributed by atoms with Gasteiger partial charge >= 0.3 is 0 Å². The molecule has 0 aliphatic carbocycles. The van der Waals surface area contributed by atoms with Crippen LogP contribution in [0.5, 0.6) is 0 Å². The standard InChI is InChI=1S/C8H10N2S/c1-3-4-7(2)10-8-9-5-6-11-8/h1,5-7H,4H2,2H3,(H,9,10). The second-order valence-electron chi connectivity index (χ2n) is 2.29. The average molecular weight is 166 g/mol. The highest BCUT2D eigenvalue weighted by Crippen LogP contribution is 2.12. The van der Waals surface area contributed by atoms with Gasteiger partial charge in [-0.05, 0) is 6.92 Å². The minimum Gasteiger partial charge on any atom is -0.358 e. The highest BCUT2D eigenvalue weighted by atomic mass is 32.1. The van der Waals surface area contributed by atoms with E-state index in [1.807, 2.05) is 12.3 Å². The molecule has 1 heterocycles. The Morgan fingerprint density at radius 2 is 2.73 bits per heavy atom. The van der Waals surface area contributed by atoms with Gasteiger partial charge in [-0.3, -0.25) is 0 Å². The van der Waals surface area contributed by atoms with Gasteiger partial charge in [0.25, 0.3) is 0 Å². The van der Waals surface area contributed by atoms with Crippen LogP contribution in [0, 0.1) is 12.3 Å². The summed E-state index contributed by atoms with van der Waals surface area (Å²) in [4.78, 5) is 4.08. The Bertz CT molecular complexity index is 235. The summed E-state index contributed by atoms with van der Waals surface area (Å²) in [5.41, 5.74) is 0. The van der Waals surface area contributed by atoms with Gasteiger partial charge in [0.1, 0.15) is 0 Å². The summed E-state index contributed by atoms with van der Waals surface area (Å²) in [6.45, 7) is 2.04. The quantitative estimate of drug-likeness (QED) is 0.694. The molecule has 0 fully saturated rings. The van der Waals surface area contributed by atoms with Crippen molar-refractivity contribution in [3.63, 3.8) is 0 Å². The van der Waals surface area contributed by atoms with Gasteiger partial charge in [-0.1, -0.05) is 0 Å². The van der Waals surface area contributed by atoms with Crippen molar-refractivity contribution in [3.8, 4) is 12.3 Å². The van der Waals surface area contributed by atoms with Gasteiger partial charge in [0, 0.05) is 24.0 Å². The fourth-order valence-electron chi connectivity index (χ4n) is 0.733. The molecule has 1 aromatic rings. The van der Waals surface area contributed by atoms with Gasteiger partial charge < -0.3 is 5.32 Å². The maximum Gasteiger partial charge on any atom is 0.182 e. The first kappa shape index (κ1) is 8.09. The zero-order chi connectivity index (χ0) is 8.10. The van der Waals surface area contributed by atoms with Crippen LogP contribution < -0.4 is 5.32 Å². The maximum atomic E-state index is 5.15. The van der Waals surface area contributed by atoms with Gasteiger partial charge in [0.15, 0.2) is 5.13 Å². The Morgan fingerprint density at radius 3 is 3.27 bits per heavy atom. The van der Waals surface area contributed by atoms with Crippen LogP contribution in [0.1, 0.15) is 13.3 Å². The second kappa shape index (κ2) is 3.99. The van der Waals surface area contributed by atoms with E-state index in [9.17, 15) is 0 Å². The number of terminal acetylenes is 1. The van der Waals surface area contributed by atoms with E-state index in [1.165, 1.54) is 0 Å². The van der Waals surface area contributed by atoms with Crippen molar-refractivity contribution in [2.24, 2.45) is 0 Å². The number of nitrogens with one attached hydrogen (secondary N) is 1. The predicted octanol–water partition coefficient (Wildman–Crippen LogP) is 1.97. The van der Waals surface area contributed by atoms with E-state index in [-0.39, 0.29) is 0 Å². The molecule has 1 unspecified atom stereocenters. The normalized spacial score (nSPS) is 12.0. The summed E-state index contributed by atoms with van der Waals surface area (Å²) in [6, 6.07) is 0.311. The van der Waals surface area contributed by atoms with Crippen molar-refractivity contribution in [2.75, 3.05) is 5.32 Å². The van der Waals surface area contributed by atoms with Crippen LogP contribution in [0.15, 0.2) is 11.6 Å². The van der Waals surface area contributed by atoms with Gasteiger partial charge in [-0.2, -0.15) is 0 Å². The Kier molecular flexibility index (Phi) is 2.94. The van der Waals surface area contributed by atoms with Crippen molar-refractivity contribution in [1.82, 2.24) is 4.98 Å². The molecule has 11 heavy (non-hydrogen) atoms. The lowest BCUT2D eigenvalue weighted by molar-refractivity contribution is 0.827. The first-order valence-corrected chi connectivity index (χ1v) is 4.30. The lowest BCUT2D eigenvalue weighted by Crippen LogP contribution is -2.13. The first-order valence-electron chi connectivity index (χ1n) is 3.42. The molecule has 0 bridgehead atoms. The number of hydrogen-bond donors (Lipinski definition) is 1. The van der Waals surface area contributed by atoms with Crippen LogP contribution in [-0.4, -0.2) is 11.0 Å². The molecule has 2 nitrogen and oxygen atoms in total. The lowest BCUT2D eigenvalue weighted by atomic mass is 10.2. The van der Waals surface area contributed by atoms with Gasteiger partial charge in [0.05, 0.1) is 0 Å². The van der Waals surface area contributed by atoms with E-state index < -0.39 is 0 Å². The van der Waals surface area contributed by atoms with Gasteiger partial charge in [0.2, 0.25) is 0 Å². The van der Waals surface area contributed by atoms with Crippen LogP contribution in [-0.2, 0) is 0 Å². The molecule has 3 heteroatoms. The third-order valence-corrected chi connectivity index (χ3v) is 1.93. The van der Waals surface area contributed by atoms with Crippen LogP contribution >= 0.6 is 11.3 Å². The lowest BCUT2D eigenvalue weighted by Gasteiger charge is -2.07. The molecule has 58 valence electrons. The number of anilines is 1. The van der Waals surface area contributed by atoms with Crippen LogP contribution in [0.25, 0.3) is 0 Å². The second-order valence-corrected chi connectivity index (χ2v) is 3.19. The SMILES string of the molecule is C#CCC(C)Nc1nccs1. The van der Waals surface area contributed by atoms with E-state index in [4.69, 9.17) is 6.42 Å². The minimum atomic E-state index is 0.311. The Balaban J connectivity index is 2.38. The fourth-order valence-corrected chi connectivity index (χ4v) is 1.37. The monoisotopic (exact) mass is 166 g/mol. The predicted molar refractivity (Wildman–Crippen MR) is 48.6 cm³/mol. The summed E-state index contributed by atoms with van der Waals surface area (Å²) < 4.78 is 0. The maximum absolute atomic E-state index is 5.15. The van der Waals surface area contributed by atoms with Crippen molar-refractivity contribution in [2.45, 2.75) is 19.4 Å². The molecule has 0 aliphatic heterocycles. The van der Waals surface area contributed by atoms with Crippen LogP contribution in [0.3, 0.4) is 0 Å². The van der Waals surface area contributed by atoms with Crippen molar-refractivity contribution >= 4 is 16.5 Å². The highest BCUT2D eigenvalue weighted by molar-refractivity contribution is 7.13. The molecular weight excluding hydrogens is 156 g/mol. The molecule has 0 radical (unpaired) electrons. The Morgan fingerprint density at radius 1 is 1.91 bits per heavy atom. The molecule has 0 aliphatic rings. The van der Waals surface area contributed by atoms with E-state index in [0.717, 1.165) is 11.6 Å². The molecule has 0 aromatic carbocycles. The summed E-state index contributed by atoms with van der Waals surface area (Å²) in [5, 5.41) is 6.06. The van der Waals surface area contributed by atoms with E-state index in [0.29, 0.717) is 6.04 Å². The van der Waals surface area contributed by atoms with Crippen molar-refractivity contribution in [1.29, 1.82) is 0 Å². The molecule has 1 N–H and O–H groups in total. The number of nitrogens with zero attached hydrogens (tertiary/aromatic N) is 1. The fraction of sp³-hybridized carbons (Fsp3) is 0.375. The summed E-state index contributed by atoms with van der Waals surface area (Å²) >= 11 is 1.59. The van der Waals surface area contributed by atoms with Crippen LogP contribution in [0.4, 0.5) is 5.13 Å². The first-order chi connectivity index (χ1) is 5.33. The molecule has 0 saturated heterocycles. The van der Waals surface area contributed by atoms with Gasteiger partial charge in [-0.25, -0.2) is 4.98 Å². The zero-order valence-electron chi connectivity index (χ0n) is 6.37. The highest BCUT2D eigenvalue weighted by Gasteiger charge is 1.99. The minimum absolute atomic E-state index is 0.311. The number of hydrogen-bond acceptors (Lipinski definition) is 3. The number of rotatable bonds is 3. The summed E-state index contributed by atoms with van der Waals surface area (Å²) in [7, 11) is 0. The third-order valence-electron chi connectivity index (χ3n) is 1.23. The Labute approximate surface area is 70.7 Å². The molecule has 1 atom stereocenters. The number of thiazole rings is 1.